The van der Waals surface area contributed by atoms with Crippen LogP contribution in [0.1, 0.15) is 18.4 Å². The lowest BCUT2D eigenvalue weighted by Crippen LogP contribution is -2.25. The van der Waals surface area contributed by atoms with Crippen molar-refractivity contribution in [1.82, 2.24) is 10.6 Å². The summed E-state index contributed by atoms with van der Waals surface area (Å²) in [7, 11) is 4.04. The van der Waals surface area contributed by atoms with Crippen LogP contribution in [0.4, 0.5) is 5.69 Å². The Balaban J connectivity index is 1.76. The molecule has 1 aliphatic rings. The van der Waals surface area contributed by atoms with E-state index in [0.717, 1.165) is 25.1 Å². The fourth-order valence-electron chi connectivity index (χ4n) is 2.34. The number of rotatable bonds is 5. The molecule has 1 atom stereocenters. The number of anilines is 1. The summed E-state index contributed by atoms with van der Waals surface area (Å²) in [5.74, 6) is 0.668. The SMILES string of the molecule is CN(C)c1ccc(CNC(=O)CC2CCNC2)cc1. The van der Waals surface area contributed by atoms with Gasteiger partial charge in [-0.05, 0) is 43.1 Å². The molecular formula is C15H23N3O. The Morgan fingerprint density at radius 2 is 2.11 bits per heavy atom. The molecule has 1 unspecified atom stereocenters. The van der Waals surface area contributed by atoms with Gasteiger partial charge in [-0.2, -0.15) is 0 Å². The van der Waals surface area contributed by atoms with E-state index in [1.54, 1.807) is 0 Å². The molecule has 19 heavy (non-hydrogen) atoms. The van der Waals surface area contributed by atoms with Crippen LogP contribution in [0.3, 0.4) is 0 Å². The minimum Gasteiger partial charge on any atom is -0.378 e. The van der Waals surface area contributed by atoms with Crippen LogP contribution in [0.2, 0.25) is 0 Å². The van der Waals surface area contributed by atoms with Gasteiger partial charge in [-0.3, -0.25) is 4.79 Å². The Hall–Kier alpha value is -1.55. The van der Waals surface area contributed by atoms with Crippen molar-refractivity contribution in [1.29, 1.82) is 0 Å². The molecule has 1 aromatic carbocycles. The number of hydrogen-bond acceptors (Lipinski definition) is 3. The molecular weight excluding hydrogens is 238 g/mol. The Morgan fingerprint density at radius 3 is 2.68 bits per heavy atom. The van der Waals surface area contributed by atoms with Crippen molar-refractivity contribution < 1.29 is 4.79 Å². The molecule has 1 saturated heterocycles. The normalized spacial score (nSPS) is 18.3. The number of nitrogens with zero attached hydrogens (tertiary/aromatic N) is 1. The van der Waals surface area contributed by atoms with E-state index in [9.17, 15) is 4.79 Å². The van der Waals surface area contributed by atoms with Gasteiger partial charge in [-0.15, -0.1) is 0 Å². The van der Waals surface area contributed by atoms with E-state index < -0.39 is 0 Å². The highest BCUT2D eigenvalue weighted by molar-refractivity contribution is 5.76. The third kappa shape index (κ3) is 4.24. The highest BCUT2D eigenvalue weighted by Crippen LogP contribution is 2.13. The molecule has 1 fully saturated rings. The Labute approximate surface area is 115 Å². The molecule has 1 aromatic rings. The van der Waals surface area contributed by atoms with E-state index in [4.69, 9.17) is 0 Å². The number of benzene rings is 1. The van der Waals surface area contributed by atoms with Crippen LogP contribution in [-0.4, -0.2) is 33.1 Å². The van der Waals surface area contributed by atoms with Crippen LogP contribution in [0.5, 0.6) is 0 Å². The van der Waals surface area contributed by atoms with Crippen molar-refractivity contribution in [3.05, 3.63) is 29.8 Å². The van der Waals surface area contributed by atoms with E-state index >= 15 is 0 Å². The van der Waals surface area contributed by atoms with Gasteiger partial charge in [0.1, 0.15) is 0 Å². The van der Waals surface area contributed by atoms with Gasteiger partial charge in [0.25, 0.3) is 0 Å². The third-order valence-electron chi connectivity index (χ3n) is 3.58. The summed E-state index contributed by atoms with van der Waals surface area (Å²) in [5.41, 5.74) is 2.32. The largest absolute Gasteiger partial charge is 0.378 e. The van der Waals surface area contributed by atoms with Crippen LogP contribution in [0, 0.1) is 5.92 Å². The zero-order valence-corrected chi connectivity index (χ0v) is 11.8. The summed E-state index contributed by atoms with van der Waals surface area (Å²) in [4.78, 5) is 13.9. The topological polar surface area (TPSA) is 44.4 Å². The molecule has 1 heterocycles. The van der Waals surface area contributed by atoms with Gasteiger partial charge in [0.2, 0.25) is 5.91 Å². The number of nitrogens with one attached hydrogen (secondary N) is 2. The third-order valence-corrected chi connectivity index (χ3v) is 3.58. The molecule has 1 aliphatic heterocycles. The van der Waals surface area contributed by atoms with Gasteiger partial charge in [-0.25, -0.2) is 0 Å². The van der Waals surface area contributed by atoms with Gasteiger partial charge in [0.05, 0.1) is 0 Å². The Bertz CT molecular complexity index is 408. The average Bonchev–Trinajstić information content (AvgIpc) is 2.89. The van der Waals surface area contributed by atoms with Crippen LogP contribution in [0.25, 0.3) is 0 Å². The lowest BCUT2D eigenvalue weighted by atomic mass is 10.0. The van der Waals surface area contributed by atoms with Gasteiger partial charge in [-0.1, -0.05) is 12.1 Å². The van der Waals surface area contributed by atoms with E-state index in [1.807, 2.05) is 14.1 Å². The van der Waals surface area contributed by atoms with Crippen molar-refractivity contribution in [2.24, 2.45) is 5.92 Å². The molecule has 104 valence electrons. The second kappa shape index (κ2) is 6.57. The van der Waals surface area contributed by atoms with Gasteiger partial charge in [0.15, 0.2) is 0 Å². The number of hydrogen-bond donors (Lipinski definition) is 2. The average molecular weight is 261 g/mol. The zero-order valence-electron chi connectivity index (χ0n) is 11.8. The molecule has 2 N–H and O–H groups in total. The smallest absolute Gasteiger partial charge is 0.220 e. The van der Waals surface area contributed by atoms with Crippen molar-refractivity contribution in [3.63, 3.8) is 0 Å². The lowest BCUT2D eigenvalue weighted by molar-refractivity contribution is -0.122. The number of amides is 1. The van der Waals surface area contributed by atoms with E-state index in [2.05, 4.69) is 39.8 Å². The molecule has 1 amide bonds. The molecule has 0 radical (unpaired) electrons. The highest BCUT2D eigenvalue weighted by Gasteiger charge is 2.17. The fourth-order valence-corrected chi connectivity index (χ4v) is 2.34. The number of carbonyl (C=O) groups excluding carboxylic acids is 1. The van der Waals surface area contributed by atoms with E-state index in [-0.39, 0.29) is 5.91 Å². The summed E-state index contributed by atoms with van der Waals surface area (Å²) in [5, 5.41) is 6.28. The maximum atomic E-state index is 11.8. The first-order chi connectivity index (χ1) is 9.15. The van der Waals surface area contributed by atoms with Crippen LogP contribution < -0.4 is 15.5 Å². The summed E-state index contributed by atoms with van der Waals surface area (Å²) >= 11 is 0. The van der Waals surface area contributed by atoms with Gasteiger partial charge >= 0.3 is 0 Å². The minimum absolute atomic E-state index is 0.158. The van der Waals surface area contributed by atoms with Crippen molar-refractivity contribution in [2.45, 2.75) is 19.4 Å². The molecule has 0 aliphatic carbocycles. The lowest BCUT2D eigenvalue weighted by Gasteiger charge is -2.13. The molecule has 4 nitrogen and oxygen atoms in total. The second-order valence-electron chi connectivity index (χ2n) is 5.40. The van der Waals surface area contributed by atoms with E-state index in [1.165, 1.54) is 5.69 Å². The second-order valence-corrected chi connectivity index (χ2v) is 5.40. The maximum absolute atomic E-state index is 11.8. The molecule has 0 aromatic heterocycles. The summed E-state index contributed by atoms with van der Waals surface area (Å²) in [6, 6.07) is 8.27. The molecule has 0 bridgehead atoms. The zero-order chi connectivity index (χ0) is 13.7. The number of carbonyl (C=O) groups is 1. The first-order valence-electron chi connectivity index (χ1n) is 6.89. The predicted octanol–water partition coefficient (Wildman–Crippen LogP) is 1.37. The predicted molar refractivity (Wildman–Crippen MR) is 78.2 cm³/mol. The first kappa shape index (κ1) is 13.9. The minimum atomic E-state index is 0.158. The Morgan fingerprint density at radius 1 is 1.37 bits per heavy atom. The monoisotopic (exact) mass is 261 g/mol. The molecule has 4 heteroatoms. The van der Waals surface area contributed by atoms with Crippen LogP contribution in [0.15, 0.2) is 24.3 Å². The first-order valence-corrected chi connectivity index (χ1v) is 6.89. The Kier molecular flexibility index (Phi) is 4.80. The van der Waals surface area contributed by atoms with Gasteiger partial charge < -0.3 is 15.5 Å². The molecule has 0 saturated carbocycles. The standard InChI is InChI=1S/C15H23N3O/c1-18(2)14-5-3-12(4-6-14)11-17-15(19)9-13-7-8-16-10-13/h3-6,13,16H,7-11H2,1-2H3,(H,17,19). The quantitative estimate of drug-likeness (QED) is 0.841. The summed E-state index contributed by atoms with van der Waals surface area (Å²) in [6.45, 7) is 2.64. The maximum Gasteiger partial charge on any atom is 0.220 e. The van der Waals surface area contributed by atoms with E-state index in [0.29, 0.717) is 18.9 Å². The summed E-state index contributed by atoms with van der Waals surface area (Å²) < 4.78 is 0. The van der Waals surface area contributed by atoms with Crippen LogP contribution >= 0.6 is 0 Å². The molecule has 0 spiro atoms. The molecule has 2 rings (SSSR count). The summed E-state index contributed by atoms with van der Waals surface area (Å²) in [6.07, 6.45) is 1.76. The van der Waals surface area contributed by atoms with Crippen molar-refractivity contribution in [3.8, 4) is 0 Å². The highest BCUT2D eigenvalue weighted by atomic mass is 16.1. The van der Waals surface area contributed by atoms with Crippen LogP contribution in [-0.2, 0) is 11.3 Å². The van der Waals surface area contributed by atoms with Crippen molar-refractivity contribution in [2.75, 3.05) is 32.1 Å². The van der Waals surface area contributed by atoms with Crippen molar-refractivity contribution >= 4 is 11.6 Å². The fraction of sp³-hybridized carbons (Fsp3) is 0.533. The van der Waals surface area contributed by atoms with Gasteiger partial charge in [0, 0.05) is 32.7 Å².